The predicted octanol–water partition coefficient (Wildman–Crippen LogP) is 3.97. The summed E-state index contributed by atoms with van der Waals surface area (Å²) < 4.78 is 5.87. The Labute approximate surface area is 85.8 Å². The molecule has 0 atom stereocenters. The maximum absolute atomic E-state index is 5.87. The average molecular weight is 190 g/mol. The van der Waals surface area contributed by atoms with Gasteiger partial charge in [-0.25, -0.2) is 0 Å². The lowest BCUT2D eigenvalue weighted by molar-refractivity contribution is 0.469. The number of aryl methyl sites for hydroxylation is 2. The van der Waals surface area contributed by atoms with E-state index in [1.54, 1.807) is 0 Å². The van der Waals surface area contributed by atoms with Crippen LogP contribution in [0.3, 0.4) is 0 Å². The molecular formula is C13H18O. The van der Waals surface area contributed by atoms with E-state index in [0.29, 0.717) is 0 Å². The standard InChI is InChI=1S/C13H18O/c1-9(2)10(3)13-8-11-6-4-5-7-12(11)14-13/h8H,4-7H2,1-3H3. The Hall–Kier alpha value is -0.980. The van der Waals surface area contributed by atoms with E-state index >= 15 is 0 Å². The van der Waals surface area contributed by atoms with Gasteiger partial charge in [-0.1, -0.05) is 5.57 Å². The van der Waals surface area contributed by atoms with Crippen molar-refractivity contribution in [1.82, 2.24) is 0 Å². The summed E-state index contributed by atoms with van der Waals surface area (Å²) in [7, 11) is 0. The summed E-state index contributed by atoms with van der Waals surface area (Å²) in [5.41, 5.74) is 4.07. The van der Waals surface area contributed by atoms with Gasteiger partial charge in [0, 0.05) is 6.42 Å². The van der Waals surface area contributed by atoms with Crippen LogP contribution >= 0.6 is 0 Å². The first-order valence-corrected chi connectivity index (χ1v) is 5.44. The third-order valence-electron chi connectivity index (χ3n) is 3.12. The van der Waals surface area contributed by atoms with Crippen molar-refractivity contribution in [3.63, 3.8) is 0 Å². The fraction of sp³-hybridized carbons (Fsp3) is 0.538. The van der Waals surface area contributed by atoms with Crippen molar-refractivity contribution in [1.29, 1.82) is 0 Å². The van der Waals surface area contributed by atoms with Gasteiger partial charge in [-0.15, -0.1) is 0 Å². The molecule has 0 spiro atoms. The number of rotatable bonds is 1. The molecule has 1 aliphatic carbocycles. The summed E-state index contributed by atoms with van der Waals surface area (Å²) >= 11 is 0. The van der Waals surface area contributed by atoms with Gasteiger partial charge in [0.15, 0.2) is 0 Å². The second-order valence-corrected chi connectivity index (χ2v) is 4.39. The molecule has 0 fully saturated rings. The molecule has 0 aromatic carbocycles. The van der Waals surface area contributed by atoms with E-state index in [9.17, 15) is 0 Å². The Morgan fingerprint density at radius 3 is 2.50 bits per heavy atom. The number of hydrogen-bond donors (Lipinski definition) is 0. The zero-order chi connectivity index (χ0) is 10.1. The zero-order valence-corrected chi connectivity index (χ0v) is 9.31. The molecule has 1 heteroatoms. The van der Waals surface area contributed by atoms with Gasteiger partial charge in [-0.3, -0.25) is 0 Å². The van der Waals surface area contributed by atoms with Crippen molar-refractivity contribution in [3.8, 4) is 0 Å². The number of furan rings is 1. The van der Waals surface area contributed by atoms with Gasteiger partial charge in [0.2, 0.25) is 0 Å². The third-order valence-corrected chi connectivity index (χ3v) is 3.12. The van der Waals surface area contributed by atoms with Gasteiger partial charge in [-0.05, 0) is 57.2 Å². The first-order valence-electron chi connectivity index (χ1n) is 5.44. The maximum atomic E-state index is 5.87. The lowest BCUT2D eigenvalue weighted by Gasteiger charge is -2.07. The molecule has 1 nitrogen and oxygen atoms in total. The normalized spacial score (nSPS) is 15.1. The van der Waals surface area contributed by atoms with Crippen LogP contribution in [0.5, 0.6) is 0 Å². The van der Waals surface area contributed by atoms with Crippen molar-refractivity contribution < 1.29 is 4.42 Å². The van der Waals surface area contributed by atoms with Crippen LogP contribution in [0.1, 0.15) is 50.7 Å². The van der Waals surface area contributed by atoms with Gasteiger partial charge in [-0.2, -0.15) is 0 Å². The van der Waals surface area contributed by atoms with E-state index in [-0.39, 0.29) is 0 Å². The molecule has 14 heavy (non-hydrogen) atoms. The molecule has 76 valence electrons. The van der Waals surface area contributed by atoms with Crippen molar-refractivity contribution >= 4 is 5.57 Å². The predicted molar refractivity (Wildman–Crippen MR) is 59.3 cm³/mol. The quantitative estimate of drug-likeness (QED) is 0.653. The van der Waals surface area contributed by atoms with Gasteiger partial charge in [0.25, 0.3) is 0 Å². The molecule has 1 heterocycles. The maximum Gasteiger partial charge on any atom is 0.130 e. The topological polar surface area (TPSA) is 13.1 Å². The molecular weight excluding hydrogens is 172 g/mol. The van der Waals surface area contributed by atoms with Crippen LogP contribution in [-0.4, -0.2) is 0 Å². The fourth-order valence-electron chi connectivity index (χ4n) is 1.92. The van der Waals surface area contributed by atoms with Crippen LogP contribution in [0, 0.1) is 0 Å². The summed E-state index contributed by atoms with van der Waals surface area (Å²) in [6.07, 6.45) is 4.94. The van der Waals surface area contributed by atoms with Crippen molar-refractivity contribution in [3.05, 3.63) is 28.7 Å². The largest absolute Gasteiger partial charge is 0.461 e. The molecule has 0 bridgehead atoms. The molecule has 0 N–H and O–H groups in total. The summed E-state index contributed by atoms with van der Waals surface area (Å²) in [4.78, 5) is 0. The molecule has 0 amide bonds. The highest BCUT2D eigenvalue weighted by atomic mass is 16.3. The second kappa shape index (κ2) is 3.64. The molecule has 1 aromatic heterocycles. The Balaban J connectivity index is 2.38. The highest BCUT2D eigenvalue weighted by molar-refractivity contribution is 5.63. The van der Waals surface area contributed by atoms with E-state index in [2.05, 4.69) is 26.8 Å². The fourth-order valence-corrected chi connectivity index (χ4v) is 1.92. The summed E-state index contributed by atoms with van der Waals surface area (Å²) in [6, 6.07) is 2.23. The number of allylic oxidation sites excluding steroid dienone is 2. The van der Waals surface area contributed by atoms with Gasteiger partial charge < -0.3 is 4.42 Å². The van der Waals surface area contributed by atoms with E-state index in [4.69, 9.17) is 4.42 Å². The summed E-state index contributed by atoms with van der Waals surface area (Å²) in [5, 5.41) is 0. The Bertz CT molecular complexity index is 341. The molecule has 0 radical (unpaired) electrons. The van der Waals surface area contributed by atoms with Gasteiger partial charge in [0.1, 0.15) is 11.5 Å². The van der Waals surface area contributed by atoms with Crippen LogP contribution in [-0.2, 0) is 12.8 Å². The Kier molecular flexibility index (Phi) is 2.49. The molecule has 0 aliphatic heterocycles. The smallest absolute Gasteiger partial charge is 0.130 e. The number of hydrogen-bond acceptors (Lipinski definition) is 1. The lowest BCUT2D eigenvalue weighted by atomic mass is 9.98. The zero-order valence-electron chi connectivity index (χ0n) is 9.31. The SMILES string of the molecule is CC(C)=C(C)c1cc2c(o1)CCCC2. The van der Waals surface area contributed by atoms with E-state index in [1.165, 1.54) is 41.7 Å². The van der Waals surface area contributed by atoms with Crippen LogP contribution in [0.15, 0.2) is 16.1 Å². The van der Waals surface area contributed by atoms with Crippen LogP contribution in [0.25, 0.3) is 5.57 Å². The van der Waals surface area contributed by atoms with E-state index in [1.807, 2.05) is 0 Å². The number of fused-ring (bicyclic) bond motifs is 1. The second-order valence-electron chi connectivity index (χ2n) is 4.39. The molecule has 1 aromatic rings. The van der Waals surface area contributed by atoms with Gasteiger partial charge >= 0.3 is 0 Å². The van der Waals surface area contributed by atoms with Gasteiger partial charge in [0.05, 0.1) is 0 Å². The van der Waals surface area contributed by atoms with Crippen LogP contribution in [0.4, 0.5) is 0 Å². The molecule has 0 saturated carbocycles. The highest BCUT2D eigenvalue weighted by Crippen LogP contribution is 2.29. The molecule has 0 unspecified atom stereocenters. The average Bonchev–Trinajstić information content (AvgIpc) is 2.59. The third kappa shape index (κ3) is 1.63. The minimum Gasteiger partial charge on any atom is -0.461 e. The van der Waals surface area contributed by atoms with Crippen molar-refractivity contribution in [2.75, 3.05) is 0 Å². The Morgan fingerprint density at radius 2 is 1.86 bits per heavy atom. The van der Waals surface area contributed by atoms with Crippen LogP contribution in [0.2, 0.25) is 0 Å². The minimum atomic E-state index is 1.08. The van der Waals surface area contributed by atoms with E-state index < -0.39 is 0 Å². The molecule has 1 aliphatic rings. The molecule has 2 rings (SSSR count). The van der Waals surface area contributed by atoms with Crippen LogP contribution < -0.4 is 0 Å². The lowest BCUT2D eigenvalue weighted by Crippen LogP contribution is -1.97. The van der Waals surface area contributed by atoms with E-state index in [0.717, 1.165) is 12.2 Å². The molecule has 0 saturated heterocycles. The van der Waals surface area contributed by atoms with Crippen molar-refractivity contribution in [2.24, 2.45) is 0 Å². The van der Waals surface area contributed by atoms with Crippen molar-refractivity contribution in [2.45, 2.75) is 46.5 Å². The highest BCUT2D eigenvalue weighted by Gasteiger charge is 2.15. The summed E-state index contributed by atoms with van der Waals surface area (Å²) in [5.74, 6) is 2.31. The minimum absolute atomic E-state index is 1.08. The first kappa shape index (κ1) is 9.57. The summed E-state index contributed by atoms with van der Waals surface area (Å²) in [6.45, 7) is 6.41. The first-order chi connectivity index (χ1) is 6.68. The Morgan fingerprint density at radius 1 is 1.14 bits per heavy atom. The monoisotopic (exact) mass is 190 g/mol.